The van der Waals surface area contributed by atoms with Crippen LogP contribution >= 0.6 is 15.9 Å². The number of benzene rings is 1. The predicted octanol–water partition coefficient (Wildman–Crippen LogP) is 4.75. The third-order valence-electron chi connectivity index (χ3n) is 5.10. The molecule has 1 unspecified atom stereocenters. The van der Waals surface area contributed by atoms with Gasteiger partial charge in [-0.15, -0.1) is 0 Å². The number of aryl methyl sites for hydroxylation is 1. The van der Waals surface area contributed by atoms with Crippen molar-refractivity contribution in [3.63, 3.8) is 0 Å². The molecule has 0 aromatic heterocycles. The lowest BCUT2D eigenvalue weighted by molar-refractivity contribution is 0.227. The van der Waals surface area contributed by atoms with Crippen molar-refractivity contribution >= 4 is 21.6 Å². The molecule has 1 saturated heterocycles. The molecule has 0 aliphatic carbocycles. The smallest absolute Gasteiger partial charge is 0.0514 e. The Morgan fingerprint density at radius 2 is 2.00 bits per heavy atom. The molecule has 1 atom stereocenters. The molecule has 1 fully saturated rings. The summed E-state index contributed by atoms with van der Waals surface area (Å²) in [6.45, 7) is 13.6. The van der Waals surface area contributed by atoms with E-state index >= 15 is 0 Å². The first kappa shape index (κ1) is 16.8. The van der Waals surface area contributed by atoms with E-state index in [9.17, 15) is 0 Å². The molecule has 0 bridgehead atoms. The van der Waals surface area contributed by atoms with E-state index in [1.165, 1.54) is 28.6 Å². The van der Waals surface area contributed by atoms with Crippen molar-refractivity contribution in [1.82, 2.24) is 5.32 Å². The van der Waals surface area contributed by atoms with Crippen LogP contribution in [-0.2, 0) is 0 Å². The number of rotatable bonds is 4. The first-order valence-corrected chi connectivity index (χ1v) is 8.99. The molecule has 1 heterocycles. The van der Waals surface area contributed by atoms with Crippen LogP contribution in [0.2, 0.25) is 0 Å². The standard InChI is InChI=1S/C18H29BrN2/c1-6-18(7-2)12-21(17(11-20-18)13(3)4)16-9-8-14(5)10-15(16)19/h8-10,13,17,20H,6-7,11-12H2,1-5H3. The number of nitrogens with one attached hydrogen (secondary N) is 1. The minimum Gasteiger partial charge on any atom is -0.364 e. The average molecular weight is 353 g/mol. The van der Waals surface area contributed by atoms with Crippen molar-refractivity contribution in [1.29, 1.82) is 0 Å². The van der Waals surface area contributed by atoms with Crippen LogP contribution in [0.15, 0.2) is 22.7 Å². The summed E-state index contributed by atoms with van der Waals surface area (Å²) in [5.74, 6) is 0.636. The van der Waals surface area contributed by atoms with Crippen LogP contribution in [0.25, 0.3) is 0 Å². The minimum absolute atomic E-state index is 0.246. The second-order valence-electron chi connectivity index (χ2n) is 6.76. The Morgan fingerprint density at radius 1 is 1.33 bits per heavy atom. The van der Waals surface area contributed by atoms with Crippen LogP contribution in [0, 0.1) is 12.8 Å². The van der Waals surface area contributed by atoms with E-state index in [1.54, 1.807) is 0 Å². The minimum atomic E-state index is 0.246. The van der Waals surface area contributed by atoms with Crippen LogP contribution in [0.1, 0.15) is 46.1 Å². The van der Waals surface area contributed by atoms with Gasteiger partial charge in [-0.3, -0.25) is 0 Å². The number of halogens is 1. The Morgan fingerprint density at radius 3 is 2.52 bits per heavy atom. The van der Waals surface area contributed by atoms with Crippen LogP contribution in [-0.4, -0.2) is 24.7 Å². The molecule has 2 rings (SSSR count). The molecule has 1 aliphatic rings. The molecule has 0 saturated carbocycles. The molecule has 0 amide bonds. The molecule has 2 nitrogen and oxygen atoms in total. The van der Waals surface area contributed by atoms with Gasteiger partial charge >= 0.3 is 0 Å². The van der Waals surface area contributed by atoms with Crippen molar-refractivity contribution in [3.8, 4) is 0 Å². The van der Waals surface area contributed by atoms with Gasteiger partial charge in [0.1, 0.15) is 0 Å². The maximum absolute atomic E-state index is 3.84. The lowest BCUT2D eigenvalue weighted by Gasteiger charge is -2.50. The third kappa shape index (κ3) is 3.45. The lowest BCUT2D eigenvalue weighted by Crippen LogP contribution is -2.65. The topological polar surface area (TPSA) is 15.3 Å². The SMILES string of the molecule is CCC1(CC)CN(c2ccc(C)cc2Br)C(C(C)C)CN1. The van der Waals surface area contributed by atoms with Gasteiger partial charge in [-0.2, -0.15) is 0 Å². The molecule has 1 N–H and O–H groups in total. The highest BCUT2D eigenvalue weighted by Crippen LogP contribution is 2.35. The summed E-state index contributed by atoms with van der Waals surface area (Å²) in [6, 6.07) is 7.28. The zero-order valence-electron chi connectivity index (χ0n) is 14.0. The van der Waals surface area contributed by atoms with Crippen molar-refractivity contribution in [2.75, 3.05) is 18.0 Å². The molecule has 0 spiro atoms. The van der Waals surface area contributed by atoms with Gasteiger partial charge in [0.2, 0.25) is 0 Å². The summed E-state index contributed by atoms with van der Waals surface area (Å²) in [5, 5.41) is 3.84. The first-order chi connectivity index (χ1) is 9.92. The van der Waals surface area contributed by atoms with E-state index in [0.717, 1.165) is 13.1 Å². The van der Waals surface area contributed by atoms with Crippen LogP contribution < -0.4 is 10.2 Å². The fourth-order valence-corrected chi connectivity index (χ4v) is 4.08. The Bertz CT molecular complexity index is 480. The van der Waals surface area contributed by atoms with Gasteiger partial charge in [0.05, 0.1) is 5.69 Å². The van der Waals surface area contributed by atoms with E-state index in [4.69, 9.17) is 0 Å². The highest BCUT2D eigenvalue weighted by Gasteiger charge is 2.38. The number of anilines is 1. The highest BCUT2D eigenvalue weighted by molar-refractivity contribution is 9.10. The van der Waals surface area contributed by atoms with Gasteiger partial charge in [0.25, 0.3) is 0 Å². The number of hydrogen-bond acceptors (Lipinski definition) is 2. The average Bonchev–Trinajstić information content (AvgIpc) is 2.46. The summed E-state index contributed by atoms with van der Waals surface area (Å²) in [6.07, 6.45) is 2.35. The van der Waals surface area contributed by atoms with E-state index in [1.807, 2.05) is 0 Å². The van der Waals surface area contributed by atoms with Crippen molar-refractivity contribution in [2.45, 2.75) is 59.0 Å². The maximum Gasteiger partial charge on any atom is 0.0514 e. The summed E-state index contributed by atoms with van der Waals surface area (Å²) in [7, 11) is 0. The maximum atomic E-state index is 3.84. The zero-order valence-corrected chi connectivity index (χ0v) is 15.6. The van der Waals surface area contributed by atoms with Gasteiger partial charge in [0.15, 0.2) is 0 Å². The molecule has 21 heavy (non-hydrogen) atoms. The van der Waals surface area contributed by atoms with E-state index in [2.05, 4.69) is 79.0 Å². The van der Waals surface area contributed by atoms with Gasteiger partial charge in [-0.05, 0) is 59.3 Å². The quantitative estimate of drug-likeness (QED) is 0.840. The van der Waals surface area contributed by atoms with Gasteiger partial charge in [0, 0.05) is 29.1 Å². The molecule has 3 heteroatoms. The second kappa shape index (κ2) is 6.70. The number of nitrogens with zero attached hydrogens (tertiary/aromatic N) is 1. The third-order valence-corrected chi connectivity index (χ3v) is 5.73. The largest absolute Gasteiger partial charge is 0.364 e. The summed E-state index contributed by atoms with van der Waals surface area (Å²) >= 11 is 3.78. The van der Waals surface area contributed by atoms with Gasteiger partial charge in [-0.1, -0.05) is 33.8 Å². The van der Waals surface area contributed by atoms with E-state index in [0.29, 0.717) is 12.0 Å². The fraction of sp³-hybridized carbons (Fsp3) is 0.667. The van der Waals surface area contributed by atoms with Crippen LogP contribution in [0.4, 0.5) is 5.69 Å². The van der Waals surface area contributed by atoms with Crippen molar-refractivity contribution < 1.29 is 0 Å². The molecule has 0 radical (unpaired) electrons. The van der Waals surface area contributed by atoms with Crippen molar-refractivity contribution in [2.24, 2.45) is 5.92 Å². The summed E-state index contributed by atoms with van der Waals surface area (Å²) in [4.78, 5) is 2.62. The Balaban J connectivity index is 2.38. The number of hydrogen-bond donors (Lipinski definition) is 1. The monoisotopic (exact) mass is 352 g/mol. The van der Waals surface area contributed by atoms with Crippen LogP contribution in [0.3, 0.4) is 0 Å². The Hall–Kier alpha value is -0.540. The Labute approximate surface area is 138 Å². The highest BCUT2D eigenvalue weighted by atomic mass is 79.9. The van der Waals surface area contributed by atoms with Crippen LogP contribution in [0.5, 0.6) is 0 Å². The molecular weight excluding hydrogens is 324 g/mol. The number of piperazine rings is 1. The van der Waals surface area contributed by atoms with E-state index in [-0.39, 0.29) is 5.54 Å². The molecular formula is C18H29BrN2. The normalized spacial score (nSPS) is 21.9. The predicted molar refractivity (Wildman–Crippen MR) is 96.2 cm³/mol. The second-order valence-corrected chi connectivity index (χ2v) is 7.62. The molecule has 118 valence electrons. The fourth-order valence-electron chi connectivity index (χ4n) is 3.36. The lowest BCUT2D eigenvalue weighted by atomic mass is 9.86. The first-order valence-electron chi connectivity index (χ1n) is 8.20. The Kier molecular flexibility index (Phi) is 5.37. The molecule has 1 aliphatic heterocycles. The zero-order chi connectivity index (χ0) is 15.6. The molecule has 1 aromatic rings. The molecule has 1 aromatic carbocycles. The summed E-state index contributed by atoms with van der Waals surface area (Å²) < 4.78 is 1.22. The van der Waals surface area contributed by atoms with Crippen molar-refractivity contribution in [3.05, 3.63) is 28.2 Å². The van der Waals surface area contributed by atoms with Gasteiger partial charge < -0.3 is 10.2 Å². The summed E-state index contributed by atoms with van der Waals surface area (Å²) in [5.41, 5.74) is 2.89. The van der Waals surface area contributed by atoms with Gasteiger partial charge in [-0.25, -0.2) is 0 Å². The van der Waals surface area contributed by atoms with E-state index < -0.39 is 0 Å².